The van der Waals surface area contributed by atoms with Gasteiger partial charge in [0.1, 0.15) is 12.7 Å². The Balaban J connectivity index is 4.68. The lowest BCUT2D eigenvalue weighted by atomic mass is 10.0. The molecule has 0 spiro atoms. The van der Waals surface area contributed by atoms with Gasteiger partial charge in [0.2, 0.25) is 0 Å². The van der Waals surface area contributed by atoms with Gasteiger partial charge >= 0.3 is 25.7 Å². The Morgan fingerprint density at radius 2 is 0.757 bits per heavy atom. The van der Waals surface area contributed by atoms with Crippen molar-refractivity contribution in [1.29, 1.82) is 0 Å². The third-order valence-electron chi connectivity index (χ3n) is 12.2. The molecule has 0 aromatic heterocycles. The van der Waals surface area contributed by atoms with Gasteiger partial charge in [0, 0.05) is 19.3 Å². The van der Waals surface area contributed by atoms with Crippen molar-refractivity contribution in [3.8, 4) is 0 Å². The van der Waals surface area contributed by atoms with Crippen LogP contribution >= 0.6 is 7.82 Å². The van der Waals surface area contributed by atoms with Crippen LogP contribution in [-0.2, 0) is 42.2 Å². The Bertz CT molecular complexity index is 1360. The number of phosphoric ester groups is 1. The van der Waals surface area contributed by atoms with Gasteiger partial charge in [-0.15, -0.1) is 0 Å². The third kappa shape index (κ3) is 50.4. The topological polar surface area (TPSA) is 155 Å². The van der Waals surface area contributed by atoms with E-state index in [0.29, 0.717) is 19.3 Å². The molecule has 3 unspecified atom stereocenters. The van der Waals surface area contributed by atoms with Crippen molar-refractivity contribution in [3.63, 3.8) is 0 Å². The second kappa shape index (κ2) is 52.8. The maximum absolute atomic E-state index is 12.9. The van der Waals surface area contributed by atoms with Crippen LogP contribution in [0.4, 0.5) is 0 Å². The molecule has 0 aliphatic carbocycles. The van der Waals surface area contributed by atoms with Gasteiger partial charge in [-0.05, 0) is 70.6 Å². The highest BCUT2D eigenvalue weighted by molar-refractivity contribution is 7.47. The van der Waals surface area contributed by atoms with Crippen molar-refractivity contribution < 1.29 is 52.2 Å². The Kier molecular flexibility index (Phi) is 50.8. The number of esters is 3. The Hall–Kier alpha value is -2.56. The zero-order valence-corrected chi connectivity index (χ0v) is 45.9. The van der Waals surface area contributed by atoms with Crippen molar-refractivity contribution in [1.82, 2.24) is 0 Å². The molecule has 408 valence electrons. The largest absolute Gasteiger partial charge is 0.472 e. The van der Waals surface area contributed by atoms with Crippen LogP contribution in [0.15, 0.2) is 48.6 Å². The first-order valence-electron chi connectivity index (χ1n) is 28.5. The molecule has 0 aliphatic rings. The second-order valence-corrected chi connectivity index (χ2v) is 20.5. The van der Waals surface area contributed by atoms with Crippen molar-refractivity contribution in [2.75, 3.05) is 26.4 Å². The molecule has 2 N–H and O–H groups in total. The van der Waals surface area contributed by atoms with Gasteiger partial charge in [0.15, 0.2) is 6.10 Å². The van der Waals surface area contributed by atoms with Crippen molar-refractivity contribution >= 4 is 25.7 Å². The lowest BCUT2D eigenvalue weighted by Gasteiger charge is -2.21. The summed E-state index contributed by atoms with van der Waals surface area (Å²) in [6, 6.07) is 0. The molecule has 0 aromatic carbocycles. The maximum atomic E-state index is 12.9. The van der Waals surface area contributed by atoms with Crippen LogP contribution in [0.25, 0.3) is 0 Å². The van der Waals surface area contributed by atoms with Crippen LogP contribution in [0.5, 0.6) is 0 Å². The van der Waals surface area contributed by atoms with Gasteiger partial charge in [-0.25, -0.2) is 4.57 Å². The fourth-order valence-electron chi connectivity index (χ4n) is 7.88. The van der Waals surface area contributed by atoms with E-state index in [0.717, 1.165) is 96.3 Å². The van der Waals surface area contributed by atoms with Crippen molar-refractivity contribution in [3.05, 3.63) is 48.6 Å². The second-order valence-electron chi connectivity index (χ2n) is 19.1. The highest BCUT2D eigenvalue weighted by atomic mass is 31.2. The molecule has 0 radical (unpaired) electrons. The van der Waals surface area contributed by atoms with E-state index in [1.54, 1.807) is 0 Å². The molecular weight excluding hydrogens is 904 g/mol. The molecule has 0 amide bonds. The van der Waals surface area contributed by atoms with Crippen LogP contribution in [0.1, 0.15) is 265 Å². The number of carbonyl (C=O) groups is 3. The molecular formula is C58H105O11P. The number of carbonyl (C=O) groups excluding carboxylic acids is 3. The predicted molar refractivity (Wildman–Crippen MR) is 289 cm³/mol. The van der Waals surface area contributed by atoms with Crippen molar-refractivity contribution in [2.24, 2.45) is 0 Å². The minimum Gasteiger partial charge on any atom is -0.462 e. The van der Waals surface area contributed by atoms with E-state index in [1.807, 2.05) is 0 Å². The number of unbranched alkanes of at least 4 members (excludes halogenated alkanes) is 28. The van der Waals surface area contributed by atoms with Crippen LogP contribution in [0.2, 0.25) is 0 Å². The monoisotopic (exact) mass is 1010 g/mol. The SMILES string of the molecule is CC/C=C\C/C=C\C/C=C\CCCCCC(=O)OC(CO)COP(=O)(O)OCC(COC(=O)CCCCCCC/C=C\CCCC)OC(=O)CCCCCCCCCCCCCCCCCCCCC. The molecule has 0 heterocycles. The molecule has 0 fully saturated rings. The molecule has 70 heavy (non-hydrogen) atoms. The van der Waals surface area contributed by atoms with E-state index < -0.39 is 57.8 Å². The standard InChI is InChI=1S/C58H105O11P/c1-4-7-10-13-16-19-22-24-25-26-27-28-29-31-34-37-40-43-46-49-58(62)69-55(51-65-56(60)47-44-41-38-35-32-21-18-15-12-9-6-3)53-67-70(63,64)66-52-54(50-59)68-57(61)48-45-42-39-36-33-30-23-20-17-14-11-8-5-2/h8,11,15,17-18,20,30,33,54-55,59H,4-7,9-10,12-14,16,19,21-29,31-32,34-53H2,1-3H3,(H,63,64)/b11-8-,18-15-,20-17-,33-30-. The van der Waals surface area contributed by atoms with E-state index in [9.17, 15) is 28.9 Å². The summed E-state index contributed by atoms with van der Waals surface area (Å²) in [6.45, 7) is 4.47. The first-order valence-corrected chi connectivity index (χ1v) is 30.0. The average Bonchev–Trinajstić information content (AvgIpc) is 3.35. The Morgan fingerprint density at radius 1 is 0.414 bits per heavy atom. The summed E-state index contributed by atoms with van der Waals surface area (Å²) in [4.78, 5) is 48.4. The Morgan fingerprint density at radius 3 is 1.21 bits per heavy atom. The number of allylic oxidation sites excluding steroid dienone is 8. The molecule has 3 atom stereocenters. The van der Waals surface area contributed by atoms with E-state index in [4.69, 9.17) is 23.3 Å². The molecule has 12 heteroatoms. The molecule has 0 aromatic rings. The summed E-state index contributed by atoms with van der Waals surface area (Å²) in [5, 5.41) is 9.78. The summed E-state index contributed by atoms with van der Waals surface area (Å²) in [7, 11) is -4.75. The van der Waals surface area contributed by atoms with E-state index >= 15 is 0 Å². The highest BCUT2D eigenvalue weighted by Gasteiger charge is 2.28. The van der Waals surface area contributed by atoms with Crippen LogP contribution < -0.4 is 0 Å². The smallest absolute Gasteiger partial charge is 0.462 e. The number of hydrogen-bond donors (Lipinski definition) is 2. The van der Waals surface area contributed by atoms with Gasteiger partial charge in [0.25, 0.3) is 0 Å². The molecule has 0 saturated heterocycles. The lowest BCUT2D eigenvalue weighted by Crippen LogP contribution is -2.30. The van der Waals surface area contributed by atoms with Gasteiger partial charge in [-0.2, -0.15) is 0 Å². The van der Waals surface area contributed by atoms with E-state index in [1.165, 1.54) is 109 Å². The Labute approximate surface area is 428 Å². The molecule has 0 bridgehead atoms. The number of phosphoric acid groups is 1. The predicted octanol–water partition coefficient (Wildman–Crippen LogP) is 16.6. The van der Waals surface area contributed by atoms with E-state index in [-0.39, 0.29) is 25.9 Å². The average molecular weight is 1010 g/mol. The van der Waals surface area contributed by atoms with Gasteiger partial charge in [0.05, 0.1) is 19.8 Å². The van der Waals surface area contributed by atoms with Crippen LogP contribution in [-0.4, -0.2) is 66.5 Å². The minimum absolute atomic E-state index is 0.143. The summed E-state index contributed by atoms with van der Waals surface area (Å²) in [6.07, 6.45) is 55.1. The van der Waals surface area contributed by atoms with Crippen LogP contribution in [0.3, 0.4) is 0 Å². The number of ether oxygens (including phenoxy) is 3. The first-order chi connectivity index (χ1) is 34.2. The fourth-order valence-corrected chi connectivity index (χ4v) is 8.67. The number of aliphatic hydroxyl groups excluding tert-OH is 1. The summed E-state index contributed by atoms with van der Waals surface area (Å²) in [5.74, 6) is -1.49. The van der Waals surface area contributed by atoms with Crippen LogP contribution in [0, 0.1) is 0 Å². The maximum Gasteiger partial charge on any atom is 0.472 e. The molecule has 11 nitrogen and oxygen atoms in total. The number of aliphatic hydroxyl groups is 1. The number of rotatable bonds is 53. The third-order valence-corrected chi connectivity index (χ3v) is 13.2. The summed E-state index contributed by atoms with van der Waals surface area (Å²) in [5.41, 5.74) is 0. The zero-order chi connectivity index (χ0) is 51.3. The minimum atomic E-state index is -4.75. The van der Waals surface area contributed by atoms with Gasteiger partial charge < -0.3 is 24.2 Å². The summed E-state index contributed by atoms with van der Waals surface area (Å²) >= 11 is 0. The first kappa shape index (κ1) is 67.4. The van der Waals surface area contributed by atoms with Gasteiger partial charge in [-0.1, -0.05) is 223 Å². The highest BCUT2D eigenvalue weighted by Crippen LogP contribution is 2.43. The van der Waals surface area contributed by atoms with E-state index in [2.05, 4.69) is 69.4 Å². The molecule has 0 aliphatic heterocycles. The molecule has 0 rings (SSSR count). The molecule has 0 saturated carbocycles. The normalized spacial score (nSPS) is 13.7. The summed E-state index contributed by atoms with van der Waals surface area (Å²) < 4.78 is 39.4. The van der Waals surface area contributed by atoms with Crippen molar-refractivity contribution in [2.45, 2.75) is 277 Å². The fraction of sp³-hybridized carbons (Fsp3) is 0.810. The zero-order valence-electron chi connectivity index (χ0n) is 45.0. The quantitative estimate of drug-likeness (QED) is 0.0197. The number of hydrogen-bond acceptors (Lipinski definition) is 10. The van der Waals surface area contributed by atoms with Gasteiger partial charge in [-0.3, -0.25) is 23.4 Å². The lowest BCUT2D eigenvalue weighted by molar-refractivity contribution is -0.161.